The summed E-state index contributed by atoms with van der Waals surface area (Å²) in [6, 6.07) is 3.78. The summed E-state index contributed by atoms with van der Waals surface area (Å²) < 4.78 is 23.7. The third-order valence-corrected chi connectivity index (χ3v) is 5.05. The SMILES string of the molecule is O=C(O)c1cc(S(=O)(=O)C2CC2)ccc1Cl. The Labute approximate surface area is 97.8 Å². The second-order valence-electron chi connectivity index (χ2n) is 3.69. The third kappa shape index (κ3) is 1.92. The Bertz CT molecular complexity index is 546. The molecule has 0 heterocycles. The van der Waals surface area contributed by atoms with Crippen molar-refractivity contribution in [3.63, 3.8) is 0 Å². The highest BCUT2D eigenvalue weighted by molar-refractivity contribution is 7.92. The van der Waals surface area contributed by atoms with E-state index in [-0.39, 0.29) is 20.7 Å². The standard InChI is InChI=1S/C10H9ClO4S/c11-9-4-3-7(5-8(9)10(12)13)16(14,15)6-1-2-6/h3-6H,1-2H2,(H,12,13). The first-order valence-corrected chi connectivity index (χ1v) is 6.62. The van der Waals surface area contributed by atoms with Crippen LogP contribution >= 0.6 is 11.6 Å². The molecule has 0 atom stereocenters. The molecule has 1 aliphatic carbocycles. The van der Waals surface area contributed by atoms with Crippen LogP contribution in [-0.2, 0) is 9.84 Å². The first-order chi connectivity index (χ1) is 7.43. The van der Waals surface area contributed by atoms with Gasteiger partial charge in [0.1, 0.15) is 0 Å². The zero-order valence-corrected chi connectivity index (χ0v) is 9.75. The van der Waals surface area contributed by atoms with Crippen LogP contribution in [0.1, 0.15) is 23.2 Å². The van der Waals surface area contributed by atoms with Crippen LogP contribution in [-0.4, -0.2) is 24.7 Å². The fourth-order valence-corrected chi connectivity index (χ4v) is 3.30. The van der Waals surface area contributed by atoms with Gasteiger partial charge in [-0.2, -0.15) is 0 Å². The van der Waals surface area contributed by atoms with E-state index in [2.05, 4.69) is 0 Å². The Morgan fingerprint density at radius 3 is 2.50 bits per heavy atom. The lowest BCUT2D eigenvalue weighted by Gasteiger charge is -2.04. The van der Waals surface area contributed by atoms with Crippen molar-refractivity contribution in [1.29, 1.82) is 0 Å². The van der Waals surface area contributed by atoms with Gasteiger partial charge in [-0.3, -0.25) is 0 Å². The van der Waals surface area contributed by atoms with Crippen LogP contribution in [0.5, 0.6) is 0 Å². The quantitative estimate of drug-likeness (QED) is 0.902. The molecule has 1 saturated carbocycles. The Morgan fingerprint density at radius 2 is 2.00 bits per heavy atom. The number of rotatable bonds is 3. The van der Waals surface area contributed by atoms with Gasteiger partial charge >= 0.3 is 5.97 Å². The van der Waals surface area contributed by atoms with E-state index in [0.717, 1.165) is 6.07 Å². The van der Waals surface area contributed by atoms with Crippen LogP contribution in [0.15, 0.2) is 23.1 Å². The lowest BCUT2D eigenvalue weighted by atomic mass is 10.2. The van der Waals surface area contributed by atoms with Gasteiger partial charge in [0.05, 0.1) is 20.7 Å². The molecule has 0 bridgehead atoms. The number of hydrogen-bond acceptors (Lipinski definition) is 3. The summed E-state index contributed by atoms with van der Waals surface area (Å²) in [5, 5.41) is 8.52. The molecule has 1 aromatic carbocycles. The van der Waals surface area contributed by atoms with E-state index in [1.165, 1.54) is 12.1 Å². The Hall–Kier alpha value is -1.07. The molecule has 1 aliphatic rings. The van der Waals surface area contributed by atoms with Gasteiger partial charge in [0.2, 0.25) is 0 Å². The molecule has 1 N–H and O–H groups in total. The molecule has 16 heavy (non-hydrogen) atoms. The van der Waals surface area contributed by atoms with Gasteiger partial charge in [0, 0.05) is 0 Å². The van der Waals surface area contributed by atoms with Crippen LogP contribution in [0.2, 0.25) is 5.02 Å². The van der Waals surface area contributed by atoms with Gasteiger partial charge in [0.15, 0.2) is 9.84 Å². The van der Waals surface area contributed by atoms with Crippen LogP contribution in [0.3, 0.4) is 0 Å². The Balaban J connectivity index is 2.51. The number of carbonyl (C=O) groups is 1. The Kier molecular flexibility index (Phi) is 2.67. The zero-order chi connectivity index (χ0) is 11.9. The highest BCUT2D eigenvalue weighted by Crippen LogP contribution is 2.34. The third-order valence-electron chi connectivity index (χ3n) is 2.46. The molecular weight excluding hydrogens is 252 g/mol. The minimum Gasteiger partial charge on any atom is -0.478 e. The summed E-state index contributed by atoms with van der Waals surface area (Å²) in [6.07, 6.45) is 1.29. The van der Waals surface area contributed by atoms with Gasteiger partial charge in [0.25, 0.3) is 0 Å². The predicted octanol–water partition coefficient (Wildman–Crippen LogP) is 1.97. The summed E-state index contributed by atoms with van der Waals surface area (Å²) in [4.78, 5) is 10.8. The fraction of sp³-hybridized carbons (Fsp3) is 0.300. The first kappa shape index (κ1) is 11.4. The lowest BCUT2D eigenvalue weighted by Crippen LogP contribution is -2.08. The maximum Gasteiger partial charge on any atom is 0.337 e. The molecular formula is C10H9ClO4S. The minimum atomic E-state index is -3.36. The highest BCUT2D eigenvalue weighted by atomic mass is 35.5. The molecule has 1 fully saturated rings. The van der Waals surface area contributed by atoms with Gasteiger partial charge in [-0.1, -0.05) is 11.6 Å². The molecule has 0 saturated heterocycles. The van der Waals surface area contributed by atoms with Crippen molar-refractivity contribution in [3.8, 4) is 0 Å². The van der Waals surface area contributed by atoms with Crippen molar-refractivity contribution in [2.24, 2.45) is 0 Å². The van der Waals surface area contributed by atoms with Crippen molar-refractivity contribution in [2.45, 2.75) is 23.0 Å². The average molecular weight is 261 g/mol. The number of halogens is 1. The largest absolute Gasteiger partial charge is 0.478 e. The van der Waals surface area contributed by atoms with Crippen LogP contribution < -0.4 is 0 Å². The summed E-state index contributed by atoms with van der Waals surface area (Å²) in [6.45, 7) is 0. The Morgan fingerprint density at radius 1 is 1.38 bits per heavy atom. The van der Waals surface area contributed by atoms with Crippen LogP contribution in [0.4, 0.5) is 0 Å². The smallest absolute Gasteiger partial charge is 0.337 e. The zero-order valence-electron chi connectivity index (χ0n) is 8.18. The van der Waals surface area contributed by atoms with E-state index >= 15 is 0 Å². The van der Waals surface area contributed by atoms with Gasteiger partial charge in [-0.25, -0.2) is 13.2 Å². The monoisotopic (exact) mass is 260 g/mol. The van der Waals surface area contributed by atoms with Gasteiger partial charge < -0.3 is 5.11 Å². The van der Waals surface area contributed by atoms with Crippen LogP contribution in [0, 0.1) is 0 Å². The van der Waals surface area contributed by atoms with Crippen molar-refractivity contribution in [2.75, 3.05) is 0 Å². The number of carboxylic acid groups (broad SMARTS) is 1. The molecule has 6 heteroatoms. The number of hydrogen-bond donors (Lipinski definition) is 1. The normalized spacial score (nSPS) is 16.1. The van der Waals surface area contributed by atoms with Crippen molar-refractivity contribution in [3.05, 3.63) is 28.8 Å². The molecule has 86 valence electrons. The summed E-state index contributed by atoms with van der Waals surface area (Å²) >= 11 is 5.66. The van der Waals surface area contributed by atoms with E-state index in [0.29, 0.717) is 12.8 Å². The number of sulfone groups is 1. The molecule has 0 amide bonds. The maximum atomic E-state index is 11.8. The topological polar surface area (TPSA) is 71.4 Å². The highest BCUT2D eigenvalue weighted by Gasteiger charge is 2.37. The number of carboxylic acids is 1. The summed E-state index contributed by atoms with van der Waals surface area (Å²) in [7, 11) is -3.36. The summed E-state index contributed by atoms with van der Waals surface area (Å²) in [5.74, 6) is -1.22. The minimum absolute atomic E-state index is 0.0387. The van der Waals surface area contributed by atoms with Crippen molar-refractivity contribution >= 4 is 27.4 Å². The molecule has 0 unspecified atom stereocenters. The second kappa shape index (κ2) is 3.75. The molecule has 0 radical (unpaired) electrons. The lowest BCUT2D eigenvalue weighted by molar-refractivity contribution is 0.0697. The number of aromatic carboxylic acids is 1. The van der Waals surface area contributed by atoms with E-state index in [1.54, 1.807) is 0 Å². The molecule has 0 spiro atoms. The summed E-state index contributed by atoms with van der Waals surface area (Å²) in [5.41, 5.74) is -0.177. The molecule has 1 aromatic rings. The van der Waals surface area contributed by atoms with E-state index in [9.17, 15) is 13.2 Å². The maximum absolute atomic E-state index is 11.8. The van der Waals surface area contributed by atoms with E-state index < -0.39 is 15.8 Å². The average Bonchev–Trinajstić information content (AvgIpc) is 3.00. The molecule has 4 nitrogen and oxygen atoms in total. The molecule has 0 aliphatic heterocycles. The fourth-order valence-electron chi connectivity index (χ4n) is 1.42. The van der Waals surface area contributed by atoms with Crippen molar-refractivity contribution < 1.29 is 18.3 Å². The second-order valence-corrected chi connectivity index (χ2v) is 6.33. The van der Waals surface area contributed by atoms with E-state index in [1.807, 2.05) is 0 Å². The number of benzene rings is 1. The molecule has 0 aromatic heterocycles. The van der Waals surface area contributed by atoms with Gasteiger partial charge in [-0.05, 0) is 31.0 Å². The van der Waals surface area contributed by atoms with Gasteiger partial charge in [-0.15, -0.1) is 0 Å². The first-order valence-electron chi connectivity index (χ1n) is 4.69. The molecule has 2 rings (SSSR count). The van der Waals surface area contributed by atoms with E-state index in [4.69, 9.17) is 16.7 Å². The van der Waals surface area contributed by atoms with Crippen LogP contribution in [0.25, 0.3) is 0 Å². The van der Waals surface area contributed by atoms with Crippen molar-refractivity contribution in [1.82, 2.24) is 0 Å². The predicted molar refractivity (Wildman–Crippen MR) is 58.6 cm³/mol.